The molecule has 3 N–H and O–H groups in total. The molecule has 0 saturated carbocycles. The Hall–Kier alpha value is -3.34. The van der Waals surface area contributed by atoms with Crippen molar-refractivity contribution in [1.82, 2.24) is 20.6 Å². The minimum absolute atomic E-state index is 0.0155. The second-order valence-corrected chi connectivity index (χ2v) is 8.19. The van der Waals surface area contributed by atoms with Gasteiger partial charge in [-0.15, -0.1) is 0 Å². The van der Waals surface area contributed by atoms with Crippen molar-refractivity contribution in [3.05, 3.63) is 71.2 Å². The van der Waals surface area contributed by atoms with Crippen molar-refractivity contribution in [2.75, 3.05) is 7.05 Å². The highest BCUT2D eigenvalue weighted by Crippen LogP contribution is 2.37. The van der Waals surface area contributed by atoms with Crippen LogP contribution in [0.3, 0.4) is 0 Å². The molecule has 148 valence electrons. The molecule has 0 bridgehead atoms. The van der Waals surface area contributed by atoms with Crippen LogP contribution in [0.5, 0.6) is 0 Å². The number of allylic oxidation sites excluding steroid dienone is 3. The Morgan fingerprint density at radius 3 is 2.62 bits per heavy atom. The number of amides is 1. The maximum absolute atomic E-state index is 12.2. The number of pyridine rings is 1. The molecule has 5 heteroatoms. The minimum atomic E-state index is -0.377. The van der Waals surface area contributed by atoms with Crippen LogP contribution in [0.2, 0.25) is 0 Å². The summed E-state index contributed by atoms with van der Waals surface area (Å²) in [6.45, 7) is 12.2. The predicted molar refractivity (Wildman–Crippen MR) is 118 cm³/mol. The second-order valence-electron chi connectivity index (χ2n) is 8.19. The summed E-state index contributed by atoms with van der Waals surface area (Å²) in [6.07, 6.45) is 3.86. The van der Waals surface area contributed by atoms with Crippen molar-refractivity contribution < 1.29 is 4.79 Å². The van der Waals surface area contributed by atoms with Gasteiger partial charge in [-0.3, -0.25) is 4.79 Å². The van der Waals surface area contributed by atoms with Crippen molar-refractivity contribution in [3.63, 3.8) is 0 Å². The zero-order valence-corrected chi connectivity index (χ0v) is 17.5. The molecule has 29 heavy (non-hydrogen) atoms. The van der Waals surface area contributed by atoms with Crippen LogP contribution in [0.1, 0.15) is 49.2 Å². The zero-order valence-electron chi connectivity index (χ0n) is 17.5. The van der Waals surface area contributed by atoms with E-state index >= 15 is 0 Å². The first kappa shape index (κ1) is 19.0. The van der Waals surface area contributed by atoms with Gasteiger partial charge in [-0.1, -0.05) is 12.6 Å². The fourth-order valence-electron chi connectivity index (χ4n) is 4.13. The largest absolute Gasteiger partial charge is 0.391 e. The maximum atomic E-state index is 12.2. The number of H-pyrrole nitrogens is 1. The quantitative estimate of drug-likeness (QED) is 0.568. The first-order chi connectivity index (χ1) is 13.7. The Balaban J connectivity index is 1.89. The van der Waals surface area contributed by atoms with Gasteiger partial charge in [-0.05, 0) is 62.6 Å². The molecule has 2 aromatic heterocycles. The van der Waals surface area contributed by atoms with E-state index in [1.54, 1.807) is 0 Å². The van der Waals surface area contributed by atoms with E-state index in [0.29, 0.717) is 0 Å². The highest BCUT2D eigenvalue weighted by atomic mass is 16.2. The van der Waals surface area contributed by atoms with Gasteiger partial charge in [0, 0.05) is 52.8 Å². The lowest BCUT2D eigenvalue weighted by atomic mass is 9.91. The number of rotatable bonds is 4. The Bertz CT molecular complexity index is 1200. The molecule has 1 aliphatic rings. The van der Waals surface area contributed by atoms with E-state index in [-0.39, 0.29) is 11.4 Å². The molecule has 0 fully saturated rings. The van der Waals surface area contributed by atoms with Crippen LogP contribution < -0.4 is 10.6 Å². The summed E-state index contributed by atoms with van der Waals surface area (Å²) in [4.78, 5) is 20.1. The monoisotopic (exact) mass is 386 g/mol. The van der Waals surface area contributed by atoms with Crippen LogP contribution in [0.15, 0.2) is 54.5 Å². The number of fused-ring (bicyclic) bond motifs is 2. The van der Waals surface area contributed by atoms with E-state index in [1.165, 1.54) is 0 Å². The van der Waals surface area contributed by atoms with Crippen LogP contribution >= 0.6 is 0 Å². The van der Waals surface area contributed by atoms with Crippen molar-refractivity contribution in [2.24, 2.45) is 0 Å². The summed E-state index contributed by atoms with van der Waals surface area (Å²) in [5.41, 5.74) is 8.48. The number of hydrogen-bond acceptors (Lipinski definition) is 3. The van der Waals surface area contributed by atoms with E-state index in [4.69, 9.17) is 0 Å². The summed E-state index contributed by atoms with van der Waals surface area (Å²) in [6, 6.07) is 8.18. The molecule has 0 atom stereocenters. The summed E-state index contributed by atoms with van der Waals surface area (Å²) in [5, 5.41) is 7.30. The number of hydrogen-bond donors (Lipinski definition) is 3. The molecular formula is C24H26N4O. The normalized spacial score (nSPS) is 15.7. The number of carbonyl (C=O) groups is 1. The summed E-state index contributed by atoms with van der Waals surface area (Å²) in [5.74, 6) is -0.0155. The molecule has 0 spiro atoms. The van der Waals surface area contributed by atoms with Crippen molar-refractivity contribution in [1.29, 1.82) is 0 Å². The van der Waals surface area contributed by atoms with Gasteiger partial charge in [0.1, 0.15) is 5.65 Å². The van der Waals surface area contributed by atoms with E-state index in [1.807, 2.05) is 59.3 Å². The maximum Gasteiger partial charge on any atom is 0.252 e. The Kier molecular flexibility index (Phi) is 4.34. The van der Waals surface area contributed by atoms with Gasteiger partial charge in [0.25, 0.3) is 5.91 Å². The number of nitrogens with one attached hydrogen (secondary N) is 3. The zero-order chi connectivity index (χ0) is 20.9. The first-order valence-corrected chi connectivity index (χ1v) is 9.72. The van der Waals surface area contributed by atoms with Gasteiger partial charge < -0.3 is 15.6 Å². The van der Waals surface area contributed by atoms with Crippen LogP contribution in [0, 0.1) is 0 Å². The average Bonchev–Trinajstić information content (AvgIpc) is 3.19. The fraction of sp³-hybridized carbons (Fsp3) is 0.250. The molecule has 5 nitrogen and oxygen atoms in total. The van der Waals surface area contributed by atoms with E-state index < -0.39 is 0 Å². The predicted octanol–water partition coefficient (Wildman–Crippen LogP) is 4.73. The van der Waals surface area contributed by atoms with E-state index in [0.717, 1.165) is 55.7 Å². The lowest BCUT2D eigenvalue weighted by Gasteiger charge is -2.19. The topological polar surface area (TPSA) is 69.8 Å². The SMILES string of the molecule is C=C(C)/C(=C(/C)NC)c1cnc2[nH]cc(-c3ccc4c(c3)C(C)(C)NC4=O)c2c1. The van der Waals surface area contributed by atoms with Gasteiger partial charge >= 0.3 is 0 Å². The van der Waals surface area contributed by atoms with Gasteiger partial charge in [0.05, 0.1) is 5.54 Å². The highest BCUT2D eigenvalue weighted by Gasteiger charge is 2.35. The molecule has 1 aromatic carbocycles. The van der Waals surface area contributed by atoms with Gasteiger partial charge in [-0.2, -0.15) is 0 Å². The third-order valence-corrected chi connectivity index (χ3v) is 5.67. The molecule has 1 amide bonds. The van der Waals surface area contributed by atoms with Crippen LogP contribution in [-0.4, -0.2) is 22.9 Å². The molecule has 0 saturated heterocycles. The Morgan fingerprint density at radius 2 is 1.93 bits per heavy atom. The summed E-state index contributed by atoms with van der Waals surface area (Å²) < 4.78 is 0. The summed E-state index contributed by atoms with van der Waals surface area (Å²) in [7, 11) is 1.91. The molecule has 3 heterocycles. The molecular weight excluding hydrogens is 360 g/mol. The van der Waals surface area contributed by atoms with Gasteiger partial charge in [0.15, 0.2) is 0 Å². The van der Waals surface area contributed by atoms with Gasteiger partial charge in [-0.25, -0.2) is 4.98 Å². The lowest BCUT2D eigenvalue weighted by molar-refractivity contribution is 0.0940. The molecule has 3 aromatic rings. The van der Waals surface area contributed by atoms with Crippen molar-refractivity contribution >= 4 is 22.5 Å². The molecule has 4 rings (SSSR count). The molecule has 1 aliphatic heterocycles. The molecule has 0 unspecified atom stereocenters. The second kappa shape index (κ2) is 6.62. The Morgan fingerprint density at radius 1 is 1.17 bits per heavy atom. The summed E-state index contributed by atoms with van der Waals surface area (Å²) >= 11 is 0. The third-order valence-electron chi connectivity index (χ3n) is 5.67. The number of aromatic amines is 1. The fourth-order valence-corrected chi connectivity index (χ4v) is 4.13. The molecule has 0 radical (unpaired) electrons. The number of nitrogens with zero attached hydrogens (tertiary/aromatic N) is 1. The number of aromatic nitrogens is 2. The van der Waals surface area contributed by atoms with Gasteiger partial charge in [0.2, 0.25) is 0 Å². The number of carbonyl (C=O) groups excluding carboxylic acids is 1. The lowest BCUT2D eigenvalue weighted by Crippen LogP contribution is -2.32. The van der Waals surface area contributed by atoms with Crippen LogP contribution in [0.25, 0.3) is 27.7 Å². The third kappa shape index (κ3) is 3.03. The Labute approximate surface area is 170 Å². The number of benzene rings is 1. The highest BCUT2D eigenvalue weighted by molar-refractivity contribution is 6.02. The van der Waals surface area contributed by atoms with Crippen molar-refractivity contribution in [3.8, 4) is 11.1 Å². The van der Waals surface area contributed by atoms with Crippen LogP contribution in [0.4, 0.5) is 0 Å². The van der Waals surface area contributed by atoms with Crippen LogP contribution in [-0.2, 0) is 5.54 Å². The standard InChI is InChI=1S/C24H26N4O/c1-13(2)21(14(3)25-6)16-9-18-19(12-27-22(18)26-11-16)15-7-8-17-20(10-15)24(4,5)28-23(17)29/h7-12,25H,1H2,2-6H3,(H,26,27)(H,28,29)/b21-14+. The van der Waals surface area contributed by atoms with E-state index in [2.05, 4.69) is 39.3 Å². The first-order valence-electron chi connectivity index (χ1n) is 9.72. The van der Waals surface area contributed by atoms with E-state index in [9.17, 15) is 4.79 Å². The van der Waals surface area contributed by atoms with Crippen molar-refractivity contribution in [2.45, 2.75) is 33.2 Å². The molecule has 0 aliphatic carbocycles. The average molecular weight is 386 g/mol. The minimum Gasteiger partial charge on any atom is -0.391 e. The smallest absolute Gasteiger partial charge is 0.252 e.